The Labute approximate surface area is 264 Å². The van der Waals surface area contributed by atoms with E-state index in [2.05, 4.69) is 109 Å². The summed E-state index contributed by atoms with van der Waals surface area (Å²) in [7, 11) is 0. The molecule has 0 aliphatic heterocycles. The average molecular weight is 653 g/mol. The second kappa shape index (κ2) is 11.0. The monoisotopic (exact) mass is 650 g/mol. The fraction of sp³-hybridized carbons (Fsp3) is 0.111. The minimum absolute atomic E-state index is 0. The van der Waals surface area contributed by atoms with E-state index in [0.717, 1.165) is 23.0 Å². The zero-order chi connectivity index (χ0) is 26.1. The minimum atomic E-state index is -1.31. The van der Waals surface area contributed by atoms with E-state index < -0.39 is 23.2 Å². The summed E-state index contributed by atoms with van der Waals surface area (Å²) in [4.78, 5) is 0. The van der Waals surface area contributed by atoms with Crippen LogP contribution in [0.4, 0.5) is 0 Å². The van der Waals surface area contributed by atoms with E-state index in [0.29, 0.717) is 11.8 Å². The SMILES string of the molecule is Cc1ccc(-c2cccc3c2[C]([Zr+2][C]2=C4C=CC=CC4c4cccc(-c5ccc(C)o5)c42)=C2C=CC=CC23)o1.[Cl-].[Cl-]. The maximum atomic E-state index is 6.20. The van der Waals surface area contributed by atoms with E-state index in [4.69, 9.17) is 8.83 Å². The predicted molar refractivity (Wildman–Crippen MR) is 154 cm³/mol. The summed E-state index contributed by atoms with van der Waals surface area (Å²) in [5.74, 6) is 4.43. The fourth-order valence-corrected chi connectivity index (χ4v) is 11.1. The summed E-state index contributed by atoms with van der Waals surface area (Å²) in [5.41, 5.74) is 11.0. The quantitative estimate of drug-likeness (QED) is 0.338. The standard InChI is InChI=1S/2C18H13O.2ClH.Zr/c2*1-12-9-10-18(19-12)16-8-4-7-15-14-6-3-2-5-13(14)11-17(15)16;;;/h2*2-10,14H,1H3;2*1H;/q;;;;+2/p-2. The molecule has 200 valence electrons. The summed E-state index contributed by atoms with van der Waals surface area (Å²) in [6.07, 6.45) is 18.2. The van der Waals surface area contributed by atoms with Crippen LogP contribution < -0.4 is 24.8 Å². The van der Waals surface area contributed by atoms with Crippen molar-refractivity contribution in [3.63, 3.8) is 0 Å². The van der Waals surface area contributed by atoms with Gasteiger partial charge in [0.05, 0.1) is 0 Å². The van der Waals surface area contributed by atoms with Crippen molar-refractivity contribution in [2.45, 2.75) is 25.7 Å². The van der Waals surface area contributed by atoms with Crippen molar-refractivity contribution in [1.82, 2.24) is 0 Å². The largest absolute Gasteiger partial charge is 1.00 e. The summed E-state index contributed by atoms with van der Waals surface area (Å²) >= 11 is -1.31. The molecular formula is C36H26Cl2O2Zr. The molecule has 2 aromatic heterocycles. The molecule has 4 aromatic rings. The number of halogens is 2. The zero-order valence-corrected chi connectivity index (χ0v) is 26.6. The van der Waals surface area contributed by atoms with E-state index in [-0.39, 0.29) is 24.8 Å². The Balaban J connectivity index is 0.00000151. The van der Waals surface area contributed by atoms with Crippen LogP contribution in [0.25, 0.3) is 29.2 Å². The van der Waals surface area contributed by atoms with Gasteiger partial charge < -0.3 is 24.8 Å². The Morgan fingerprint density at radius 2 is 1.02 bits per heavy atom. The smallest absolute Gasteiger partial charge is 1.00 e. The fourth-order valence-electron chi connectivity index (χ4n) is 6.57. The first-order valence-electron chi connectivity index (χ1n) is 13.5. The molecule has 8 rings (SSSR count). The van der Waals surface area contributed by atoms with Gasteiger partial charge in [-0.3, -0.25) is 0 Å². The van der Waals surface area contributed by atoms with Gasteiger partial charge in [-0.15, -0.1) is 0 Å². The van der Waals surface area contributed by atoms with Gasteiger partial charge >= 0.3 is 241 Å². The molecule has 2 heterocycles. The first kappa shape index (κ1) is 28.0. The normalized spacial score (nSPS) is 18.9. The Bertz CT molecular complexity index is 1740. The molecule has 0 fully saturated rings. The molecular weight excluding hydrogens is 627 g/mol. The van der Waals surface area contributed by atoms with Gasteiger partial charge in [0.15, 0.2) is 0 Å². The van der Waals surface area contributed by atoms with Crippen LogP contribution in [0.5, 0.6) is 0 Å². The van der Waals surface area contributed by atoms with Crippen LogP contribution in [0.15, 0.2) is 129 Å². The molecule has 2 atom stereocenters. The van der Waals surface area contributed by atoms with Gasteiger partial charge in [-0.2, -0.15) is 0 Å². The van der Waals surface area contributed by atoms with Crippen LogP contribution in [0.3, 0.4) is 0 Å². The Morgan fingerprint density at radius 3 is 1.44 bits per heavy atom. The number of hydrogen-bond acceptors (Lipinski definition) is 2. The molecule has 5 heteroatoms. The van der Waals surface area contributed by atoms with Crippen molar-refractivity contribution in [1.29, 1.82) is 0 Å². The number of hydrogen-bond donors (Lipinski definition) is 0. The number of benzene rings is 2. The van der Waals surface area contributed by atoms with Gasteiger partial charge in [-0.1, -0.05) is 0 Å². The van der Waals surface area contributed by atoms with E-state index in [9.17, 15) is 0 Å². The van der Waals surface area contributed by atoms with Gasteiger partial charge in [-0.25, -0.2) is 0 Å². The second-order valence-corrected chi connectivity index (χ2v) is 13.7. The first-order chi connectivity index (χ1) is 19.2. The Hall–Kier alpha value is -3.10. The summed E-state index contributed by atoms with van der Waals surface area (Å²) in [6, 6.07) is 21.9. The molecule has 2 unspecified atom stereocenters. The van der Waals surface area contributed by atoms with Crippen molar-refractivity contribution in [3.05, 3.63) is 154 Å². The van der Waals surface area contributed by atoms with Gasteiger partial charge in [0, 0.05) is 0 Å². The third-order valence-electron chi connectivity index (χ3n) is 8.25. The Kier molecular flexibility index (Phi) is 7.49. The molecule has 2 aromatic carbocycles. The minimum Gasteiger partial charge on any atom is -1.00 e. The molecule has 0 amide bonds. The molecule has 0 N–H and O–H groups in total. The third-order valence-corrected chi connectivity index (χ3v) is 12.1. The van der Waals surface area contributed by atoms with Crippen LogP contribution >= 0.6 is 0 Å². The number of aryl methyl sites for hydroxylation is 2. The predicted octanol–water partition coefficient (Wildman–Crippen LogP) is 3.48. The molecule has 0 saturated carbocycles. The summed E-state index contributed by atoms with van der Waals surface area (Å²) in [6.45, 7) is 4.05. The first-order valence-corrected chi connectivity index (χ1v) is 16.0. The number of fused-ring (bicyclic) bond motifs is 6. The third kappa shape index (κ3) is 4.42. The van der Waals surface area contributed by atoms with Gasteiger partial charge in [0.25, 0.3) is 0 Å². The summed E-state index contributed by atoms with van der Waals surface area (Å²) < 4.78 is 15.5. The van der Waals surface area contributed by atoms with Crippen LogP contribution in [0.2, 0.25) is 0 Å². The van der Waals surface area contributed by atoms with E-state index in [1.165, 1.54) is 44.5 Å². The van der Waals surface area contributed by atoms with Crippen LogP contribution in [0, 0.1) is 13.8 Å². The maximum absolute atomic E-state index is 6.20. The van der Waals surface area contributed by atoms with Crippen molar-refractivity contribution >= 4 is 6.56 Å². The molecule has 0 saturated heterocycles. The second-order valence-electron chi connectivity index (χ2n) is 10.6. The Morgan fingerprint density at radius 1 is 0.561 bits per heavy atom. The number of furan rings is 2. The van der Waals surface area contributed by atoms with Crippen LogP contribution in [-0.2, 0) is 23.2 Å². The molecule has 4 aliphatic rings. The molecule has 2 nitrogen and oxygen atoms in total. The van der Waals surface area contributed by atoms with Crippen molar-refractivity contribution < 1.29 is 56.9 Å². The zero-order valence-electron chi connectivity index (χ0n) is 22.6. The molecule has 0 radical (unpaired) electrons. The van der Waals surface area contributed by atoms with Crippen molar-refractivity contribution in [2.24, 2.45) is 0 Å². The van der Waals surface area contributed by atoms with Gasteiger partial charge in [-0.05, 0) is 0 Å². The van der Waals surface area contributed by atoms with Crippen molar-refractivity contribution in [3.8, 4) is 22.6 Å². The molecule has 0 bridgehead atoms. The van der Waals surface area contributed by atoms with E-state index in [1.54, 1.807) is 6.56 Å². The number of allylic oxidation sites excluding steroid dienone is 10. The summed E-state index contributed by atoms with van der Waals surface area (Å²) in [5, 5.41) is 0. The van der Waals surface area contributed by atoms with Crippen molar-refractivity contribution in [2.75, 3.05) is 0 Å². The van der Waals surface area contributed by atoms with E-state index >= 15 is 0 Å². The van der Waals surface area contributed by atoms with E-state index in [1.807, 2.05) is 13.8 Å². The number of rotatable bonds is 4. The van der Waals surface area contributed by atoms with Gasteiger partial charge in [0.2, 0.25) is 0 Å². The average Bonchev–Trinajstić information content (AvgIpc) is 3.74. The molecule has 4 aliphatic carbocycles. The van der Waals surface area contributed by atoms with Crippen LogP contribution in [-0.4, -0.2) is 0 Å². The van der Waals surface area contributed by atoms with Gasteiger partial charge in [0.1, 0.15) is 0 Å². The maximum Gasteiger partial charge on any atom is -1.00 e. The molecule has 0 spiro atoms. The van der Waals surface area contributed by atoms with Crippen LogP contribution in [0.1, 0.15) is 45.6 Å². The molecule has 41 heavy (non-hydrogen) atoms. The topological polar surface area (TPSA) is 26.3 Å².